The number of pyridine rings is 1. The number of nitrogens with zero attached hydrogens (tertiary/aromatic N) is 2. The van der Waals surface area contributed by atoms with Crippen molar-refractivity contribution in [2.24, 2.45) is 11.7 Å². The van der Waals surface area contributed by atoms with Gasteiger partial charge in [-0.05, 0) is 12.1 Å². The summed E-state index contributed by atoms with van der Waals surface area (Å²) in [5, 5.41) is 0. The van der Waals surface area contributed by atoms with E-state index >= 15 is 0 Å². The normalized spacial score (nSPS) is 11.7. The molecule has 18 heavy (non-hydrogen) atoms. The van der Waals surface area contributed by atoms with Crippen LogP contribution >= 0.6 is 0 Å². The van der Waals surface area contributed by atoms with Crippen LogP contribution in [-0.2, 0) is 9.53 Å². The second kappa shape index (κ2) is 6.00. The van der Waals surface area contributed by atoms with Crippen molar-refractivity contribution in [3.05, 3.63) is 23.9 Å². The average molecular weight is 251 g/mol. The summed E-state index contributed by atoms with van der Waals surface area (Å²) in [6.07, 6.45) is 1.41. The van der Waals surface area contributed by atoms with Crippen molar-refractivity contribution in [1.82, 2.24) is 4.98 Å². The van der Waals surface area contributed by atoms with E-state index in [4.69, 9.17) is 5.73 Å². The summed E-state index contributed by atoms with van der Waals surface area (Å²) in [6.45, 7) is 2.26. The maximum absolute atomic E-state index is 11.3. The lowest BCUT2D eigenvalue weighted by Gasteiger charge is -2.21. The summed E-state index contributed by atoms with van der Waals surface area (Å²) >= 11 is 0. The first-order valence-electron chi connectivity index (χ1n) is 5.50. The van der Waals surface area contributed by atoms with Gasteiger partial charge in [-0.3, -0.25) is 9.59 Å². The Hall–Kier alpha value is -2.11. The van der Waals surface area contributed by atoms with E-state index in [1.165, 1.54) is 13.3 Å². The van der Waals surface area contributed by atoms with E-state index in [1.54, 1.807) is 19.1 Å². The molecule has 1 rings (SSSR count). The lowest BCUT2D eigenvalue weighted by atomic mass is 10.1. The van der Waals surface area contributed by atoms with Crippen LogP contribution in [0.25, 0.3) is 0 Å². The van der Waals surface area contributed by atoms with Gasteiger partial charge >= 0.3 is 5.97 Å². The van der Waals surface area contributed by atoms with E-state index in [1.807, 2.05) is 11.9 Å². The zero-order chi connectivity index (χ0) is 13.7. The molecule has 1 heterocycles. The van der Waals surface area contributed by atoms with Gasteiger partial charge in [0.1, 0.15) is 5.82 Å². The van der Waals surface area contributed by atoms with Gasteiger partial charge in [0.15, 0.2) is 0 Å². The van der Waals surface area contributed by atoms with Gasteiger partial charge in [-0.25, -0.2) is 4.98 Å². The molecule has 1 aromatic heterocycles. The first-order chi connectivity index (χ1) is 8.45. The highest BCUT2D eigenvalue weighted by Gasteiger charge is 2.16. The zero-order valence-corrected chi connectivity index (χ0v) is 10.7. The number of anilines is 1. The molecule has 0 aliphatic heterocycles. The van der Waals surface area contributed by atoms with E-state index in [0.717, 1.165) is 0 Å². The summed E-state index contributed by atoms with van der Waals surface area (Å²) in [6, 6.07) is 3.29. The molecule has 2 N–H and O–H groups in total. The van der Waals surface area contributed by atoms with E-state index in [2.05, 4.69) is 9.72 Å². The highest BCUT2D eigenvalue weighted by atomic mass is 16.5. The molecule has 0 fully saturated rings. The van der Waals surface area contributed by atoms with Gasteiger partial charge in [-0.15, -0.1) is 0 Å². The standard InChI is InChI=1S/C12H17N3O3/c1-8(12(17)18-3)7-15(2)10-5-4-9(6-14-10)11(13)16/h4-6,8H,7H2,1-3H3,(H2,13,16). The van der Waals surface area contributed by atoms with Gasteiger partial charge in [0, 0.05) is 19.8 Å². The van der Waals surface area contributed by atoms with Gasteiger partial charge < -0.3 is 15.4 Å². The van der Waals surface area contributed by atoms with Gasteiger partial charge in [0.05, 0.1) is 18.6 Å². The van der Waals surface area contributed by atoms with E-state index in [0.29, 0.717) is 17.9 Å². The molecular weight excluding hydrogens is 234 g/mol. The molecule has 1 amide bonds. The molecule has 6 nitrogen and oxygen atoms in total. The van der Waals surface area contributed by atoms with E-state index in [9.17, 15) is 9.59 Å². The minimum Gasteiger partial charge on any atom is -0.469 e. The molecule has 0 aliphatic rings. The SMILES string of the molecule is COC(=O)C(C)CN(C)c1ccc(C(N)=O)cn1. The number of esters is 1. The van der Waals surface area contributed by atoms with Crippen LogP contribution in [0.3, 0.4) is 0 Å². The van der Waals surface area contributed by atoms with Crippen LogP contribution in [0.1, 0.15) is 17.3 Å². The number of amides is 1. The summed E-state index contributed by atoms with van der Waals surface area (Å²) in [5.41, 5.74) is 5.48. The Kier molecular flexibility index (Phi) is 4.65. The second-order valence-corrected chi connectivity index (χ2v) is 4.07. The number of rotatable bonds is 5. The highest BCUT2D eigenvalue weighted by molar-refractivity contribution is 5.92. The number of hydrogen-bond donors (Lipinski definition) is 1. The van der Waals surface area contributed by atoms with Crippen molar-refractivity contribution in [1.29, 1.82) is 0 Å². The lowest BCUT2D eigenvalue weighted by molar-refractivity contribution is -0.144. The molecule has 1 atom stereocenters. The summed E-state index contributed by atoms with van der Waals surface area (Å²) in [4.78, 5) is 28.1. The molecule has 1 aromatic rings. The third kappa shape index (κ3) is 3.44. The average Bonchev–Trinajstić information content (AvgIpc) is 2.37. The monoisotopic (exact) mass is 251 g/mol. The molecule has 1 unspecified atom stereocenters. The van der Waals surface area contributed by atoms with E-state index < -0.39 is 5.91 Å². The van der Waals surface area contributed by atoms with Crippen molar-refractivity contribution in [3.63, 3.8) is 0 Å². The Morgan fingerprint density at radius 3 is 2.61 bits per heavy atom. The number of carbonyl (C=O) groups is 2. The maximum atomic E-state index is 11.3. The Morgan fingerprint density at radius 1 is 1.50 bits per heavy atom. The molecule has 6 heteroatoms. The Balaban J connectivity index is 2.69. The molecule has 0 spiro atoms. The molecule has 0 saturated heterocycles. The number of nitrogens with two attached hydrogens (primary N) is 1. The number of carbonyl (C=O) groups excluding carboxylic acids is 2. The Bertz CT molecular complexity index is 431. The fourth-order valence-electron chi connectivity index (χ4n) is 1.54. The predicted molar refractivity (Wildman–Crippen MR) is 67.2 cm³/mol. The van der Waals surface area contributed by atoms with Crippen LogP contribution in [0.4, 0.5) is 5.82 Å². The minimum absolute atomic E-state index is 0.252. The smallest absolute Gasteiger partial charge is 0.310 e. The minimum atomic E-state index is -0.514. The van der Waals surface area contributed by atoms with Gasteiger partial charge in [0.25, 0.3) is 0 Å². The number of hydrogen-bond acceptors (Lipinski definition) is 5. The van der Waals surface area contributed by atoms with Crippen LogP contribution in [0, 0.1) is 5.92 Å². The summed E-state index contributed by atoms with van der Waals surface area (Å²) in [5.74, 6) is -0.372. The Labute approximate surface area is 106 Å². The summed E-state index contributed by atoms with van der Waals surface area (Å²) in [7, 11) is 3.17. The van der Waals surface area contributed by atoms with Crippen LogP contribution in [0.5, 0.6) is 0 Å². The molecule has 0 radical (unpaired) electrons. The first-order valence-corrected chi connectivity index (χ1v) is 5.50. The number of aromatic nitrogens is 1. The van der Waals surface area contributed by atoms with Crippen LogP contribution in [0.15, 0.2) is 18.3 Å². The predicted octanol–water partition coefficient (Wildman–Crippen LogP) is 0.426. The van der Waals surface area contributed by atoms with Crippen molar-refractivity contribution < 1.29 is 14.3 Å². The lowest BCUT2D eigenvalue weighted by Crippen LogP contribution is -2.29. The van der Waals surface area contributed by atoms with Crippen molar-refractivity contribution >= 4 is 17.7 Å². The zero-order valence-electron chi connectivity index (χ0n) is 10.7. The fourth-order valence-corrected chi connectivity index (χ4v) is 1.54. The molecule has 0 bridgehead atoms. The topological polar surface area (TPSA) is 85.5 Å². The number of methoxy groups -OCH3 is 1. The quantitative estimate of drug-likeness (QED) is 0.767. The van der Waals surface area contributed by atoms with Crippen molar-refractivity contribution in [3.8, 4) is 0 Å². The third-order valence-electron chi connectivity index (χ3n) is 2.57. The molecule has 0 saturated carbocycles. The van der Waals surface area contributed by atoms with Gasteiger partial charge in [-0.1, -0.05) is 6.92 Å². The summed E-state index contributed by atoms with van der Waals surface area (Å²) < 4.78 is 4.65. The molecule has 98 valence electrons. The molecule has 0 aromatic carbocycles. The third-order valence-corrected chi connectivity index (χ3v) is 2.57. The van der Waals surface area contributed by atoms with Crippen LogP contribution < -0.4 is 10.6 Å². The van der Waals surface area contributed by atoms with E-state index in [-0.39, 0.29) is 11.9 Å². The highest BCUT2D eigenvalue weighted by Crippen LogP contribution is 2.12. The Morgan fingerprint density at radius 2 is 2.17 bits per heavy atom. The van der Waals surface area contributed by atoms with Crippen molar-refractivity contribution in [2.45, 2.75) is 6.92 Å². The van der Waals surface area contributed by atoms with Gasteiger partial charge in [0.2, 0.25) is 5.91 Å². The second-order valence-electron chi connectivity index (χ2n) is 4.07. The molecule has 0 aliphatic carbocycles. The first kappa shape index (κ1) is 14.0. The largest absolute Gasteiger partial charge is 0.469 e. The fraction of sp³-hybridized carbons (Fsp3) is 0.417. The maximum Gasteiger partial charge on any atom is 0.310 e. The van der Waals surface area contributed by atoms with Crippen LogP contribution in [-0.4, -0.2) is 37.6 Å². The number of ether oxygens (including phenoxy) is 1. The van der Waals surface area contributed by atoms with Crippen LogP contribution in [0.2, 0.25) is 0 Å². The van der Waals surface area contributed by atoms with Crippen molar-refractivity contribution in [2.75, 3.05) is 25.6 Å². The van der Waals surface area contributed by atoms with Gasteiger partial charge in [-0.2, -0.15) is 0 Å². The number of primary amides is 1. The molecular formula is C12H17N3O3.